The lowest BCUT2D eigenvalue weighted by Gasteiger charge is -2.27. The van der Waals surface area contributed by atoms with Crippen LogP contribution in [0.4, 0.5) is 5.69 Å². The Morgan fingerprint density at radius 1 is 1.29 bits per heavy atom. The van der Waals surface area contributed by atoms with E-state index in [1.807, 2.05) is 0 Å². The Kier molecular flexibility index (Phi) is 3.16. The Bertz CT molecular complexity index is 440. The van der Waals surface area contributed by atoms with Crippen LogP contribution in [-0.2, 0) is 0 Å². The molecule has 90 valence electrons. The van der Waals surface area contributed by atoms with E-state index in [1.54, 1.807) is 0 Å². The van der Waals surface area contributed by atoms with Gasteiger partial charge in [0.25, 0.3) is 0 Å². The summed E-state index contributed by atoms with van der Waals surface area (Å²) >= 11 is 2.37. The van der Waals surface area contributed by atoms with E-state index in [-0.39, 0.29) is 0 Å². The highest BCUT2D eigenvalue weighted by Gasteiger charge is 2.38. The molecule has 2 heteroatoms. The molecule has 4 atom stereocenters. The van der Waals surface area contributed by atoms with Gasteiger partial charge in [-0.15, -0.1) is 0 Å². The summed E-state index contributed by atoms with van der Waals surface area (Å²) in [5.74, 6) is 2.51. The number of allylic oxidation sites excluding steroid dienone is 2. The van der Waals surface area contributed by atoms with Gasteiger partial charge in [-0.3, -0.25) is 0 Å². The summed E-state index contributed by atoms with van der Waals surface area (Å²) in [4.78, 5) is 0. The molecule has 0 saturated heterocycles. The van der Waals surface area contributed by atoms with Crippen LogP contribution in [0.5, 0.6) is 0 Å². The van der Waals surface area contributed by atoms with Gasteiger partial charge in [0.15, 0.2) is 0 Å². The molecule has 1 aromatic rings. The number of rotatable bonds is 3. The molecular formula is C15H18IN. The van der Waals surface area contributed by atoms with Crippen molar-refractivity contribution in [1.82, 2.24) is 0 Å². The maximum atomic E-state index is 3.67. The lowest BCUT2D eigenvalue weighted by atomic mass is 9.87. The van der Waals surface area contributed by atoms with Crippen molar-refractivity contribution in [2.45, 2.75) is 25.8 Å². The van der Waals surface area contributed by atoms with Gasteiger partial charge in [0.1, 0.15) is 0 Å². The lowest BCUT2D eigenvalue weighted by Crippen LogP contribution is -2.28. The number of hydrogen-bond acceptors (Lipinski definition) is 1. The van der Waals surface area contributed by atoms with E-state index >= 15 is 0 Å². The molecule has 1 N–H and O–H groups in total. The van der Waals surface area contributed by atoms with Crippen LogP contribution in [-0.4, -0.2) is 6.04 Å². The molecule has 1 nitrogen and oxygen atoms in total. The number of benzene rings is 1. The molecule has 0 radical (unpaired) electrons. The summed E-state index contributed by atoms with van der Waals surface area (Å²) in [6, 6.07) is 9.23. The Morgan fingerprint density at radius 3 is 2.82 bits per heavy atom. The molecule has 2 aliphatic rings. The molecule has 3 rings (SSSR count). The van der Waals surface area contributed by atoms with Crippen molar-refractivity contribution in [2.75, 3.05) is 5.32 Å². The SMILES string of the molecule is CC(Nc1cccc(I)c1)C1CC2C=CC1C2. The van der Waals surface area contributed by atoms with Gasteiger partial charge in [0, 0.05) is 15.3 Å². The van der Waals surface area contributed by atoms with Crippen molar-refractivity contribution >= 4 is 28.3 Å². The third-order valence-electron chi connectivity index (χ3n) is 4.19. The van der Waals surface area contributed by atoms with Crippen molar-refractivity contribution in [3.8, 4) is 0 Å². The molecule has 0 aromatic heterocycles. The van der Waals surface area contributed by atoms with E-state index in [4.69, 9.17) is 0 Å². The summed E-state index contributed by atoms with van der Waals surface area (Å²) in [5, 5.41) is 3.67. The average molecular weight is 339 g/mol. The molecular weight excluding hydrogens is 321 g/mol. The van der Waals surface area contributed by atoms with Crippen molar-refractivity contribution in [3.05, 3.63) is 40.0 Å². The van der Waals surface area contributed by atoms with Crippen molar-refractivity contribution < 1.29 is 0 Å². The first kappa shape index (κ1) is 11.6. The van der Waals surface area contributed by atoms with E-state index in [1.165, 1.54) is 22.1 Å². The second-order valence-corrected chi connectivity index (χ2v) is 6.63. The highest BCUT2D eigenvalue weighted by molar-refractivity contribution is 14.1. The standard InChI is InChI=1S/C15H18IN/c1-10(15-8-11-5-6-12(15)7-11)17-14-4-2-3-13(16)9-14/h2-6,9-12,15,17H,7-8H2,1H3. The third kappa shape index (κ3) is 2.37. The summed E-state index contributed by atoms with van der Waals surface area (Å²) in [5.41, 5.74) is 1.26. The quantitative estimate of drug-likeness (QED) is 0.639. The van der Waals surface area contributed by atoms with E-state index < -0.39 is 0 Å². The maximum Gasteiger partial charge on any atom is 0.0352 e. The highest BCUT2D eigenvalue weighted by Crippen LogP contribution is 2.45. The molecule has 0 aliphatic heterocycles. The fourth-order valence-corrected chi connectivity index (χ4v) is 3.89. The molecule has 1 aromatic carbocycles. The first-order chi connectivity index (χ1) is 8.22. The van der Waals surface area contributed by atoms with Gasteiger partial charge in [-0.25, -0.2) is 0 Å². The number of anilines is 1. The summed E-state index contributed by atoms with van der Waals surface area (Å²) in [6.07, 6.45) is 7.62. The fourth-order valence-electron chi connectivity index (χ4n) is 3.35. The van der Waals surface area contributed by atoms with Crippen LogP contribution in [0.1, 0.15) is 19.8 Å². The predicted molar refractivity (Wildman–Crippen MR) is 81.1 cm³/mol. The van der Waals surface area contributed by atoms with Crippen molar-refractivity contribution in [3.63, 3.8) is 0 Å². The molecule has 2 aliphatic carbocycles. The Morgan fingerprint density at radius 2 is 2.18 bits per heavy atom. The lowest BCUT2D eigenvalue weighted by molar-refractivity contribution is 0.400. The van der Waals surface area contributed by atoms with Crippen LogP contribution in [0.2, 0.25) is 0 Å². The first-order valence-corrected chi connectivity index (χ1v) is 7.50. The molecule has 0 amide bonds. The Hall–Kier alpha value is -0.510. The molecule has 0 heterocycles. The topological polar surface area (TPSA) is 12.0 Å². The van der Waals surface area contributed by atoms with Crippen LogP contribution < -0.4 is 5.32 Å². The zero-order valence-corrected chi connectivity index (χ0v) is 12.2. The second-order valence-electron chi connectivity index (χ2n) is 5.39. The maximum absolute atomic E-state index is 3.67. The number of halogens is 1. The van der Waals surface area contributed by atoms with Crippen LogP contribution in [0.3, 0.4) is 0 Å². The van der Waals surface area contributed by atoms with E-state index in [0.29, 0.717) is 6.04 Å². The normalized spacial score (nSPS) is 31.8. The van der Waals surface area contributed by atoms with Crippen LogP contribution in [0, 0.1) is 21.3 Å². The monoisotopic (exact) mass is 339 g/mol. The third-order valence-corrected chi connectivity index (χ3v) is 4.86. The van der Waals surface area contributed by atoms with E-state index in [0.717, 1.165) is 17.8 Å². The van der Waals surface area contributed by atoms with Crippen molar-refractivity contribution in [2.24, 2.45) is 17.8 Å². The largest absolute Gasteiger partial charge is 0.382 e. The molecule has 1 fully saturated rings. The average Bonchev–Trinajstić information content (AvgIpc) is 2.90. The Labute approximate surface area is 117 Å². The van der Waals surface area contributed by atoms with E-state index in [2.05, 4.69) is 71.2 Å². The van der Waals surface area contributed by atoms with Gasteiger partial charge < -0.3 is 5.32 Å². The zero-order chi connectivity index (χ0) is 11.8. The van der Waals surface area contributed by atoms with Gasteiger partial charge in [-0.05, 0) is 78.3 Å². The molecule has 4 unspecified atom stereocenters. The predicted octanol–water partition coefficient (Wildman–Crippen LogP) is 4.30. The number of fused-ring (bicyclic) bond motifs is 2. The summed E-state index contributed by atoms with van der Waals surface area (Å²) < 4.78 is 1.30. The molecule has 0 spiro atoms. The van der Waals surface area contributed by atoms with Crippen LogP contribution in [0.25, 0.3) is 0 Å². The fraction of sp³-hybridized carbons (Fsp3) is 0.467. The Balaban J connectivity index is 1.67. The zero-order valence-electron chi connectivity index (χ0n) is 10.1. The van der Waals surface area contributed by atoms with Gasteiger partial charge in [-0.1, -0.05) is 18.2 Å². The van der Waals surface area contributed by atoms with E-state index in [9.17, 15) is 0 Å². The van der Waals surface area contributed by atoms with Crippen molar-refractivity contribution in [1.29, 1.82) is 0 Å². The van der Waals surface area contributed by atoms with Crippen LogP contribution in [0.15, 0.2) is 36.4 Å². The minimum Gasteiger partial charge on any atom is -0.382 e. The van der Waals surface area contributed by atoms with Crippen LogP contribution >= 0.6 is 22.6 Å². The first-order valence-electron chi connectivity index (χ1n) is 6.43. The smallest absolute Gasteiger partial charge is 0.0352 e. The number of hydrogen-bond donors (Lipinski definition) is 1. The highest BCUT2D eigenvalue weighted by atomic mass is 127. The van der Waals surface area contributed by atoms with Gasteiger partial charge in [-0.2, -0.15) is 0 Å². The second kappa shape index (κ2) is 4.63. The molecule has 2 bridgehead atoms. The summed E-state index contributed by atoms with van der Waals surface area (Å²) in [7, 11) is 0. The van der Waals surface area contributed by atoms with Gasteiger partial charge in [0.2, 0.25) is 0 Å². The molecule has 1 saturated carbocycles. The van der Waals surface area contributed by atoms with Gasteiger partial charge >= 0.3 is 0 Å². The minimum absolute atomic E-state index is 0.577. The minimum atomic E-state index is 0.577. The van der Waals surface area contributed by atoms with Gasteiger partial charge in [0.05, 0.1) is 0 Å². The molecule has 17 heavy (non-hydrogen) atoms. The summed E-state index contributed by atoms with van der Waals surface area (Å²) in [6.45, 7) is 2.33. The number of nitrogens with one attached hydrogen (secondary N) is 1.